The number of hydrogen-bond acceptors (Lipinski definition) is 3. The van der Waals surface area contributed by atoms with Crippen LogP contribution < -0.4 is 4.74 Å². The van der Waals surface area contributed by atoms with Crippen LogP contribution in [0.2, 0.25) is 0 Å². The number of fused-ring (bicyclic) bond motifs is 1. The number of aromatic nitrogens is 3. The van der Waals surface area contributed by atoms with Gasteiger partial charge in [0.1, 0.15) is 17.4 Å². The molecule has 0 spiro atoms. The average Bonchev–Trinajstić information content (AvgIpc) is 3.32. The molecule has 0 radical (unpaired) electrons. The molecule has 2 heterocycles. The number of nitrogens with zero attached hydrogens (tertiary/aromatic N) is 1. The third-order valence-electron chi connectivity index (χ3n) is 4.21. The van der Waals surface area contributed by atoms with Crippen LogP contribution in [0.3, 0.4) is 0 Å². The fourth-order valence-electron chi connectivity index (χ4n) is 2.93. The second-order valence-electron chi connectivity index (χ2n) is 5.89. The molecule has 5 nitrogen and oxygen atoms in total. The van der Waals surface area contributed by atoms with Crippen molar-refractivity contribution in [2.24, 2.45) is 0 Å². The van der Waals surface area contributed by atoms with E-state index in [0.29, 0.717) is 16.8 Å². The fourth-order valence-corrected chi connectivity index (χ4v) is 2.93. The molecule has 4 aromatic rings. The van der Waals surface area contributed by atoms with E-state index in [1.54, 1.807) is 12.3 Å². The van der Waals surface area contributed by atoms with Gasteiger partial charge >= 0.3 is 0 Å². The second kappa shape index (κ2) is 6.69. The van der Waals surface area contributed by atoms with Crippen LogP contribution in [0.25, 0.3) is 28.4 Å². The summed E-state index contributed by atoms with van der Waals surface area (Å²) in [5.74, 6) is -0.596. The van der Waals surface area contributed by atoms with Crippen LogP contribution in [-0.4, -0.2) is 20.1 Å². The Bertz CT molecular complexity index is 1150. The Hall–Kier alpha value is -3.45. The molecule has 3 N–H and O–H groups in total. The first kappa shape index (κ1) is 17.0. The first-order valence-corrected chi connectivity index (χ1v) is 8.15. The number of rotatable bonds is 5. The Balaban J connectivity index is 1.77. The molecular formula is C20H15F2N3O2. The highest BCUT2D eigenvalue weighted by Crippen LogP contribution is 2.36. The third kappa shape index (κ3) is 2.98. The molecule has 0 fully saturated rings. The molecule has 27 heavy (non-hydrogen) atoms. The molecule has 0 amide bonds. The van der Waals surface area contributed by atoms with E-state index in [9.17, 15) is 8.78 Å². The maximum atomic E-state index is 14.6. The van der Waals surface area contributed by atoms with Crippen LogP contribution in [0.4, 0.5) is 8.78 Å². The summed E-state index contributed by atoms with van der Waals surface area (Å²) in [4.78, 5) is 9.84. The van der Waals surface area contributed by atoms with Crippen molar-refractivity contribution in [2.45, 2.75) is 6.61 Å². The van der Waals surface area contributed by atoms with E-state index in [1.165, 1.54) is 36.5 Å². The van der Waals surface area contributed by atoms with Crippen LogP contribution >= 0.6 is 0 Å². The number of halogens is 2. The van der Waals surface area contributed by atoms with Gasteiger partial charge < -0.3 is 19.8 Å². The summed E-state index contributed by atoms with van der Waals surface area (Å²) in [5.41, 5.74) is 1.66. The maximum absolute atomic E-state index is 14.6. The lowest BCUT2D eigenvalue weighted by molar-refractivity contribution is 0.277. The quantitative estimate of drug-likeness (QED) is 0.476. The van der Waals surface area contributed by atoms with Crippen LogP contribution in [-0.2, 0) is 6.61 Å². The molecule has 0 saturated carbocycles. The summed E-state index contributed by atoms with van der Waals surface area (Å²) in [6.45, 7) is 3.47. The lowest BCUT2D eigenvalue weighted by atomic mass is 10.1. The summed E-state index contributed by atoms with van der Waals surface area (Å²) in [6.07, 6.45) is 4.70. The zero-order chi connectivity index (χ0) is 19.0. The Kier molecular flexibility index (Phi) is 4.21. The van der Waals surface area contributed by atoms with E-state index in [1.807, 2.05) is 0 Å². The summed E-state index contributed by atoms with van der Waals surface area (Å²) in [6, 6.07) is 7.17. The Morgan fingerprint density at radius 1 is 1.15 bits per heavy atom. The van der Waals surface area contributed by atoms with E-state index in [0.717, 1.165) is 5.39 Å². The zero-order valence-corrected chi connectivity index (χ0v) is 14.1. The van der Waals surface area contributed by atoms with Gasteiger partial charge in [-0.3, -0.25) is 0 Å². The molecule has 0 aliphatic carbocycles. The maximum Gasteiger partial charge on any atom is 0.170 e. The highest BCUT2D eigenvalue weighted by atomic mass is 19.1. The van der Waals surface area contributed by atoms with Gasteiger partial charge in [0.25, 0.3) is 0 Å². The minimum atomic E-state index is -0.564. The lowest BCUT2D eigenvalue weighted by Gasteiger charge is -2.12. The molecule has 0 aliphatic heterocycles. The van der Waals surface area contributed by atoms with Crippen molar-refractivity contribution < 1.29 is 18.6 Å². The molecule has 0 aliphatic rings. The van der Waals surface area contributed by atoms with Gasteiger partial charge in [0.2, 0.25) is 0 Å². The van der Waals surface area contributed by atoms with Crippen molar-refractivity contribution in [3.63, 3.8) is 0 Å². The number of aromatic amines is 2. The lowest BCUT2D eigenvalue weighted by Crippen LogP contribution is -1.95. The van der Waals surface area contributed by atoms with Crippen molar-refractivity contribution >= 4 is 17.0 Å². The predicted molar refractivity (Wildman–Crippen MR) is 98.3 cm³/mol. The number of hydrogen-bond donors (Lipinski definition) is 3. The minimum absolute atomic E-state index is 0.00477. The number of imidazole rings is 1. The predicted octanol–water partition coefficient (Wildman–Crippen LogP) is 4.76. The smallest absolute Gasteiger partial charge is 0.170 e. The highest BCUT2D eigenvalue weighted by Gasteiger charge is 2.16. The van der Waals surface area contributed by atoms with E-state index in [-0.39, 0.29) is 29.5 Å². The van der Waals surface area contributed by atoms with Crippen molar-refractivity contribution in [1.29, 1.82) is 0 Å². The molecule has 4 rings (SSSR count). The van der Waals surface area contributed by atoms with Crippen molar-refractivity contribution in [3.05, 3.63) is 72.2 Å². The van der Waals surface area contributed by atoms with Gasteiger partial charge in [-0.2, -0.15) is 0 Å². The van der Waals surface area contributed by atoms with Gasteiger partial charge in [0.05, 0.1) is 17.9 Å². The molecule has 0 atom stereocenters. The van der Waals surface area contributed by atoms with Crippen LogP contribution in [0.5, 0.6) is 11.5 Å². The number of ether oxygens (including phenoxy) is 1. The zero-order valence-electron chi connectivity index (χ0n) is 14.1. The number of aliphatic hydroxyl groups is 1. The van der Waals surface area contributed by atoms with Crippen molar-refractivity contribution in [3.8, 4) is 22.9 Å². The van der Waals surface area contributed by atoms with E-state index < -0.39 is 11.6 Å². The fraction of sp³-hybridized carbons (Fsp3) is 0.0500. The van der Waals surface area contributed by atoms with E-state index in [4.69, 9.17) is 9.84 Å². The normalized spacial score (nSPS) is 11.1. The molecule has 0 unspecified atom stereocenters. The summed E-state index contributed by atoms with van der Waals surface area (Å²) >= 11 is 0. The van der Waals surface area contributed by atoms with Gasteiger partial charge in [-0.05, 0) is 24.3 Å². The highest BCUT2D eigenvalue weighted by molar-refractivity contribution is 5.91. The van der Waals surface area contributed by atoms with Crippen molar-refractivity contribution in [2.75, 3.05) is 0 Å². The van der Waals surface area contributed by atoms with Crippen LogP contribution in [0.15, 0.2) is 49.3 Å². The Labute approximate surface area is 153 Å². The summed E-state index contributed by atoms with van der Waals surface area (Å²) in [7, 11) is 0. The van der Waals surface area contributed by atoms with E-state index in [2.05, 4.69) is 21.5 Å². The molecule has 0 saturated heterocycles. The van der Waals surface area contributed by atoms with Gasteiger partial charge in [-0.15, -0.1) is 0 Å². The van der Waals surface area contributed by atoms with Gasteiger partial charge in [-0.25, -0.2) is 13.8 Å². The first-order valence-electron chi connectivity index (χ1n) is 8.15. The topological polar surface area (TPSA) is 73.9 Å². The average molecular weight is 367 g/mol. The molecule has 2 aromatic heterocycles. The third-order valence-corrected chi connectivity index (χ3v) is 4.21. The van der Waals surface area contributed by atoms with Crippen molar-refractivity contribution in [1.82, 2.24) is 15.0 Å². The monoisotopic (exact) mass is 367 g/mol. The summed E-state index contributed by atoms with van der Waals surface area (Å²) < 4.78 is 34.5. The van der Waals surface area contributed by atoms with Crippen LogP contribution in [0.1, 0.15) is 11.3 Å². The Morgan fingerprint density at radius 3 is 2.74 bits per heavy atom. The standard InChI is InChI=1S/C20H15F2N3O2/c1-2-13-14-5-6-23-18(14)8-17(22)19(13)27-12-3-4-16(21)15(7-12)20-24-9-11(10-26)25-20/h2-9,23,26H,1,10H2,(H,24,25). The second-order valence-corrected chi connectivity index (χ2v) is 5.89. The Morgan fingerprint density at radius 2 is 2.00 bits per heavy atom. The van der Waals surface area contributed by atoms with Crippen LogP contribution in [0, 0.1) is 11.6 Å². The number of nitrogens with one attached hydrogen (secondary N) is 2. The minimum Gasteiger partial charge on any atom is -0.454 e. The van der Waals surface area contributed by atoms with E-state index >= 15 is 0 Å². The molecule has 7 heteroatoms. The SMILES string of the molecule is C=Cc1c(Oc2ccc(F)c(-c3nc(CO)c[nH]3)c2)c(F)cc2[nH]ccc12. The van der Waals surface area contributed by atoms with Gasteiger partial charge in [0, 0.05) is 34.9 Å². The van der Waals surface area contributed by atoms with Gasteiger partial charge in [0.15, 0.2) is 11.6 Å². The molecule has 2 aromatic carbocycles. The molecule has 136 valence electrons. The molecule has 0 bridgehead atoms. The largest absolute Gasteiger partial charge is 0.454 e. The number of benzene rings is 2. The summed E-state index contributed by atoms with van der Waals surface area (Å²) in [5, 5.41) is 9.89. The first-order chi connectivity index (χ1) is 13.1. The van der Waals surface area contributed by atoms with Gasteiger partial charge in [-0.1, -0.05) is 12.7 Å². The molecular weight excluding hydrogens is 352 g/mol. The number of aliphatic hydroxyl groups excluding tert-OH is 1. The number of H-pyrrole nitrogens is 2.